The largest absolute Gasteiger partial charge is 0.354 e. The van der Waals surface area contributed by atoms with Crippen molar-refractivity contribution >= 4 is 17.2 Å². The van der Waals surface area contributed by atoms with E-state index in [2.05, 4.69) is 5.32 Å². The Morgan fingerprint density at radius 3 is 2.63 bits per heavy atom. The van der Waals surface area contributed by atoms with Crippen molar-refractivity contribution in [3.8, 4) is 0 Å². The van der Waals surface area contributed by atoms with E-state index < -0.39 is 0 Å². The van der Waals surface area contributed by atoms with Gasteiger partial charge in [-0.15, -0.1) is 11.3 Å². The number of nitrogens with two attached hydrogens (primary N) is 1. The second-order valence-corrected chi connectivity index (χ2v) is 5.48. The average molecular weight is 274 g/mol. The van der Waals surface area contributed by atoms with Crippen LogP contribution in [0.1, 0.15) is 29.3 Å². The average Bonchev–Trinajstić information content (AvgIpc) is 2.98. The molecule has 0 aliphatic rings. The number of carbonyl (C=O) groups is 1. The third-order valence-electron chi connectivity index (χ3n) is 3.09. The van der Waals surface area contributed by atoms with Crippen LogP contribution in [0.5, 0.6) is 0 Å². The molecule has 2 atom stereocenters. The van der Waals surface area contributed by atoms with E-state index >= 15 is 0 Å². The van der Waals surface area contributed by atoms with Gasteiger partial charge in [0.15, 0.2) is 0 Å². The van der Waals surface area contributed by atoms with E-state index in [9.17, 15) is 4.79 Å². The fourth-order valence-electron chi connectivity index (χ4n) is 1.85. The van der Waals surface area contributed by atoms with Crippen LogP contribution in [0.2, 0.25) is 0 Å². The van der Waals surface area contributed by atoms with E-state index in [-0.39, 0.29) is 17.9 Å². The summed E-state index contributed by atoms with van der Waals surface area (Å²) >= 11 is 1.60. The van der Waals surface area contributed by atoms with Crippen molar-refractivity contribution in [3.05, 3.63) is 58.3 Å². The van der Waals surface area contributed by atoms with Gasteiger partial charge in [0.25, 0.3) is 0 Å². The molecule has 3 nitrogen and oxygen atoms in total. The summed E-state index contributed by atoms with van der Waals surface area (Å²) in [6.45, 7) is 2.37. The van der Waals surface area contributed by atoms with Crippen LogP contribution >= 0.6 is 11.3 Å². The van der Waals surface area contributed by atoms with Crippen LogP contribution in [0.25, 0.3) is 0 Å². The van der Waals surface area contributed by atoms with Gasteiger partial charge in [-0.1, -0.05) is 36.4 Å². The number of nitrogens with one attached hydrogen (secondary N) is 1. The Kier molecular flexibility index (Phi) is 4.71. The molecule has 2 aromatic rings. The van der Waals surface area contributed by atoms with Crippen molar-refractivity contribution < 1.29 is 4.79 Å². The summed E-state index contributed by atoms with van der Waals surface area (Å²) in [5.41, 5.74) is 7.08. The number of carbonyl (C=O) groups excluding carboxylic acids is 1. The van der Waals surface area contributed by atoms with Crippen molar-refractivity contribution in [1.29, 1.82) is 0 Å². The molecule has 1 heterocycles. The van der Waals surface area contributed by atoms with E-state index in [1.807, 2.05) is 54.8 Å². The summed E-state index contributed by atoms with van der Waals surface area (Å²) in [4.78, 5) is 13.1. The molecule has 0 fully saturated rings. The molecule has 1 aromatic carbocycles. The molecule has 19 heavy (non-hydrogen) atoms. The molecule has 3 N–H and O–H groups in total. The zero-order valence-corrected chi connectivity index (χ0v) is 11.7. The first kappa shape index (κ1) is 13.8. The summed E-state index contributed by atoms with van der Waals surface area (Å²) in [7, 11) is 0. The molecule has 1 aromatic heterocycles. The van der Waals surface area contributed by atoms with Crippen LogP contribution in [-0.4, -0.2) is 12.5 Å². The van der Waals surface area contributed by atoms with Crippen LogP contribution in [-0.2, 0) is 4.79 Å². The second kappa shape index (κ2) is 6.50. The monoisotopic (exact) mass is 274 g/mol. The molecule has 100 valence electrons. The number of thiophene rings is 1. The summed E-state index contributed by atoms with van der Waals surface area (Å²) in [5, 5.41) is 4.89. The van der Waals surface area contributed by atoms with Crippen LogP contribution in [0.15, 0.2) is 47.8 Å². The van der Waals surface area contributed by atoms with Crippen molar-refractivity contribution in [2.45, 2.75) is 18.9 Å². The van der Waals surface area contributed by atoms with Gasteiger partial charge in [0.2, 0.25) is 5.91 Å². The highest BCUT2D eigenvalue weighted by Gasteiger charge is 2.16. The van der Waals surface area contributed by atoms with E-state index in [4.69, 9.17) is 5.73 Å². The maximum absolute atomic E-state index is 12.0. The van der Waals surface area contributed by atoms with Crippen molar-refractivity contribution in [3.63, 3.8) is 0 Å². The minimum atomic E-state index is -0.166. The fourth-order valence-corrected chi connectivity index (χ4v) is 2.63. The Hall–Kier alpha value is -1.65. The van der Waals surface area contributed by atoms with Crippen LogP contribution in [0.4, 0.5) is 0 Å². The quantitative estimate of drug-likeness (QED) is 0.880. The first-order valence-corrected chi connectivity index (χ1v) is 7.18. The van der Waals surface area contributed by atoms with Gasteiger partial charge < -0.3 is 11.1 Å². The lowest BCUT2D eigenvalue weighted by molar-refractivity contribution is -0.122. The Bertz CT molecular complexity index is 510. The van der Waals surface area contributed by atoms with Crippen molar-refractivity contribution in [2.75, 3.05) is 6.54 Å². The molecule has 0 saturated heterocycles. The lowest BCUT2D eigenvalue weighted by Gasteiger charge is -2.15. The SMILES string of the molecule is CC(C(=O)NCC(N)c1ccccc1)c1cccs1. The number of hydrogen-bond donors (Lipinski definition) is 2. The summed E-state index contributed by atoms with van der Waals surface area (Å²) in [5.74, 6) is -0.100. The third-order valence-corrected chi connectivity index (χ3v) is 4.14. The molecular formula is C15H18N2OS. The van der Waals surface area contributed by atoms with Gasteiger partial charge in [-0.25, -0.2) is 0 Å². The molecule has 0 radical (unpaired) electrons. The van der Waals surface area contributed by atoms with Crippen LogP contribution in [0.3, 0.4) is 0 Å². The van der Waals surface area contributed by atoms with Gasteiger partial charge in [-0.05, 0) is 23.9 Å². The Morgan fingerprint density at radius 1 is 1.26 bits per heavy atom. The zero-order chi connectivity index (χ0) is 13.7. The molecule has 0 aliphatic heterocycles. The molecule has 1 amide bonds. The molecular weight excluding hydrogens is 256 g/mol. The smallest absolute Gasteiger partial charge is 0.228 e. The van der Waals surface area contributed by atoms with E-state index in [0.717, 1.165) is 10.4 Å². The number of benzene rings is 1. The molecule has 2 rings (SSSR count). The van der Waals surface area contributed by atoms with Gasteiger partial charge in [0.05, 0.1) is 5.92 Å². The molecule has 0 aliphatic carbocycles. The van der Waals surface area contributed by atoms with Gasteiger partial charge in [-0.2, -0.15) is 0 Å². The van der Waals surface area contributed by atoms with Crippen molar-refractivity contribution in [1.82, 2.24) is 5.32 Å². The highest BCUT2D eigenvalue weighted by atomic mass is 32.1. The molecule has 4 heteroatoms. The molecule has 2 unspecified atom stereocenters. The number of hydrogen-bond acceptors (Lipinski definition) is 3. The van der Waals surface area contributed by atoms with E-state index in [1.165, 1.54) is 0 Å². The zero-order valence-electron chi connectivity index (χ0n) is 10.9. The molecule has 0 bridgehead atoms. The topological polar surface area (TPSA) is 55.1 Å². The van der Waals surface area contributed by atoms with E-state index in [1.54, 1.807) is 11.3 Å². The van der Waals surface area contributed by atoms with Crippen molar-refractivity contribution in [2.24, 2.45) is 5.73 Å². The van der Waals surface area contributed by atoms with Gasteiger partial charge in [-0.3, -0.25) is 4.79 Å². The lowest BCUT2D eigenvalue weighted by atomic mass is 10.1. The minimum Gasteiger partial charge on any atom is -0.354 e. The molecule has 0 spiro atoms. The highest BCUT2D eigenvalue weighted by molar-refractivity contribution is 7.10. The Labute approximate surface area is 117 Å². The number of rotatable bonds is 5. The Balaban J connectivity index is 1.87. The third kappa shape index (κ3) is 3.66. The Morgan fingerprint density at radius 2 is 2.00 bits per heavy atom. The lowest BCUT2D eigenvalue weighted by Crippen LogP contribution is -2.34. The number of amides is 1. The summed E-state index contributed by atoms with van der Waals surface area (Å²) in [6.07, 6.45) is 0. The highest BCUT2D eigenvalue weighted by Crippen LogP contribution is 2.20. The minimum absolute atomic E-state index is 0.0221. The van der Waals surface area contributed by atoms with Gasteiger partial charge in [0, 0.05) is 17.5 Å². The van der Waals surface area contributed by atoms with Gasteiger partial charge in [0.1, 0.15) is 0 Å². The van der Waals surface area contributed by atoms with E-state index in [0.29, 0.717) is 6.54 Å². The maximum atomic E-state index is 12.0. The van der Waals surface area contributed by atoms with Crippen LogP contribution < -0.4 is 11.1 Å². The fraction of sp³-hybridized carbons (Fsp3) is 0.267. The maximum Gasteiger partial charge on any atom is 0.228 e. The standard InChI is InChI=1S/C15H18N2OS/c1-11(14-8-5-9-19-14)15(18)17-10-13(16)12-6-3-2-4-7-12/h2-9,11,13H,10,16H2,1H3,(H,17,18). The predicted octanol–water partition coefficient (Wildman–Crippen LogP) is 2.67. The molecule has 0 saturated carbocycles. The first-order valence-electron chi connectivity index (χ1n) is 6.30. The van der Waals surface area contributed by atoms with Crippen LogP contribution in [0, 0.1) is 0 Å². The predicted molar refractivity (Wildman–Crippen MR) is 79.1 cm³/mol. The summed E-state index contributed by atoms with van der Waals surface area (Å²) in [6, 6.07) is 13.6. The normalized spacial score (nSPS) is 13.8. The van der Waals surface area contributed by atoms with Gasteiger partial charge >= 0.3 is 0 Å². The summed E-state index contributed by atoms with van der Waals surface area (Å²) < 4.78 is 0. The second-order valence-electron chi connectivity index (χ2n) is 4.50. The first-order chi connectivity index (χ1) is 9.18.